The molecule has 1 aliphatic rings. The third-order valence-electron chi connectivity index (χ3n) is 3.86. The molecular weight excluding hydrogens is 268 g/mol. The minimum Gasteiger partial charge on any atom is -0.393 e. The maximum absolute atomic E-state index is 9.50. The number of aliphatic hydroxyl groups excluding tert-OH is 1. The van der Waals surface area contributed by atoms with E-state index >= 15 is 0 Å². The van der Waals surface area contributed by atoms with Crippen LogP contribution in [0.4, 0.5) is 0 Å². The van der Waals surface area contributed by atoms with Crippen molar-refractivity contribution in [1.82, 2.24) is 10.3 Å². The maximum atomic E-state index is 9.50. The van der Waals surface area contributed by atoms with Crippen molar-refractivity contribution in [3.63, 3.8) is 0 Å². The van der Waals surface area contributed by atoms with E-state index < -0.39 is 0 Å². The Morgan fingerprint density at radius 1 is 1.15 bits per heavy atom. The van der Waals surface area contributed by atoms with Crippen molar-refractivity contribution < 1.29 is 5.11 Å². The van der Waals surface area contributed by atoms with E-state index in [4.69, 9.17) is 0 Å². The lowest BCUT2D eigenvalue weighted by molar-refractivity contribution is 0.116. The smallest absolute Gasteiger partial charge is 0.107 e. The summed E-state index contributed by atoms with van der Waals surface area (Å²) < 4.78 is 0. The molecule has 1 saturated carbocycles. The number of thiazole rings is 1. The molecule has 0 aliphatic heterocycles. The van der Waals surface area contributed by atoms with E-state index in [9.17, 15) is 5.11 Å². The number of nitrogens with zero attached hydrogens (tertiary/aromatic N) is 1. The summed E-state index contributed by atoms with van der Waals surface area (Å²) in [7, 11) is 0. The predicted octanol–water partition coefficient (Wildman–Crippen LogP) is 3.20. The van der Waals surface area contributed by atoms with Crippen LogP contribution >= 0.6 is 11.3 Å². The first-order valence-electron chi connectivity index (χ1n) is 7.22. The average Bonchev–Trinajstić information content (AvgIpc) is 2.97. The third kappa shape index (κ3) is 3.45. The Morgan fingerprint density at radius 3 is 2.65 bits per heavy atom. The van der Waals surface area contributed by atoms with Crippen molar-refractivity contribution >= 4 is 11.3 Å². The molecule has 2 aromatic rings. The van der Waals surface area contributed by atoms with Crippen molar-refractivity contribution in [3.05, 3.63) is 40.7 Å². The Labute approximate surface area is 123 Å². The van der Waals surface area contributed by atoms with E-state index in [1.54, 1.807) is 11.3 Å². The largest absolute Gasteiger partial charge is 0.393 e. The molecule has 3 nitrogen and oxygen atoms in total. The van der Waals surface area contributed by atoms with Crippen molar-refractivity contribution in [1.29, 1.82) is 0 Å². The number of aromatic nitrogens is 1. The molecule has 0 amide bonds. The molecule has 0 unspecified atom stereocenters. The van der Waals surface area contributed by atoms with Crippen molar-refractivity contribution in [2.24, 2.45) is 0 Å². The van der Waals surface area contributed by atoms with Gasteiger partial charge in [0.05, 0.1) is 11.8 Å². The van der Waals surface area contributed by atoms with Crippen molar-refractivity contribution in [3.8, 4) is 11.3 Å². The highest BCUT2D eigenvalue weighted by atomic mass is 32.1. The van der Waals surface area contributed by atoms with Gasteiger partial charge in [0, 0.05) is 23.5 Å². The Balaban J connectivity index is 1.55. The van der Waals surface area contributed by atoms with Crippen LogP contribution in [-0.2, 0) is 6.54 Å². The molecule has 0 atom stereocenters. The van der Waals surface area contributed by atoms with Gasteiger partial charge in [0.15, 0.2) is 0 Å². The maximum Gasteiger partial charge on any atom is 0.107 e. The molecule has 1 fully saturated rings. The summed E-state index contributed by atoms with van der Waals surface area (Å²) in [4.78, 5) is 4.69. The molecule has 1 aliphatic carbocycles. The van der Waals surface area contributed by atoms with Crippen LogP contribution < -0.4 is 5.32 Å². The van der Waals surface area contributed by atoms with E-state index in [0.29, 0.717) is 6.04 Å². The van der Waals surface area contributed by atoms with E-state index in [0.717, 1.165) is 42.9 Å². The fraction of sp³-hybridized carbons (Fsp3) is 0.438. The number of rotatable bonds is 4. The minimum atomic E-state index is -0.0856. The standard InChI is InChI=1S/C16H20N2OS/c19-14-8-6-13(7-9-14)17-10-16-18-15(11-20-16)12-4-2-1-3-5-12/h1-5,11,13-14,17,19H,6-10H2. The zero-order valence-electron chi connectivity index (χ0n) is 11.5. The van der Waals surface area contributed by atoms with Crippen molar-refractivity contribution in [2.45, 2.75) is 44.4 Å². The monoisotopic (exact) mass is 288 g/mol. The molecule has 1 heterocycles. The molecule has 3 rings (SSSR count). The van der Waals surface area contributed by atoms with Gasteiger partial charge in [-0.25, -0.2) is 4.98 Å². The van der Waals surface area contributed by atoms with Crippen LogP contribution in [0.1, 0.15) is 30.7 Å². The predicted molar refractivity (Wildman–Crippen MR) is 82.7 cm³/mol. The first-order valence-corrected chi connectivity index (χ1v) is 8.10. The number of nitrogens with one attached hydrogen (secondary N) is 1. The Hall–Kier alpha value is -1.23. The van der Waals surface area contributed by atoms with Gasteiger partial charge in [0.25, 0.3) is 0 Å². The second kappa shape index (κ2) is 6.48. The Morgan fingerprint density at radius 2 is 1.90 bits per heavy atom. The van der Waals surface area contributed by atoms with Gasteiger partial charge < -0.3 is 10.4 Å². The Bertz CT molecular complexity index is 532. The number of hydrogen-bond donors (Lipinski definition) is 2. The molecule has 20 heavy (non-hydrogen) atoms. The van der Waals surface area contributed by atoms with Crippen LogP contribution in [0.5, 0.6) is 0 Å². The van der Waals surface area contributed by atoms with Gasteiger partial charge in [0.2, 0.25) is 0 Å². The Kier molecular flexibility index (Phi) is 4.45. The molecule has 4 heteroatoms. The SMILES string of the molecule is OC1CCC(NCc2nc(-c3ccccc3)cs2)CC1. The minimum absolute atomic E-state index is 0.0856. The summed E-state index contributed by atoms with van der Waals surface area (Å²) in [6.45, 7) is 0.832. The second-order valence-electron chi connectivity index (χ2n) is 5.38. The quantitative estimate of drug-likeness (QED) is 0.908. The summed E-state index contributed by atoms with van der Waals surface area (Å²) in [6, 6.07) is 10.8. The molecule has 0 saturated heterocycles. The molecule has 1 aromatic carbocycles. The van der Waals surface area contributed by atoms with E-state index in [1.807, 2.05) is 18.2 Å². The van der Waals surface area contributed by atoms with Gasteiger partial charge in [-0.3, -0.25) is 0 Å². The summed E-state index contributed by atoms with van der Waals surface area (Å²) in [5, 5.41) is 16.3. The molecular formula is C16H20N2OS. The lowest BCUT2D eigenvalue weighted by Gasteiger charge is -2.25. The van der Waals surface area contributed by atoms with E-state index in [2.05, 4.69) is 27.8 Å². The summed E-state index contributed by atoms with van der Waals surface area (Å²) in [6.07, 6.45) is 3.89. The molecule has 2 N–H and O–H groups in total. The molecule has 106 valence electrons. The first-order chi connectivity index (χ1) is 9.81. The van der Waals surface area contributed by atoms with Gasteiger partial charge >= 0.3 is 0 Å². The third-order valence-corrected chi connectivity index (χ3v) is 4.71. The summed E-state index contributed by atoms with van der Waals surface area (Å²) >= 11 is 1.71. The summed E-state index contributed by atoms with van der Waals surface area (Å²) in [5.41, 5.74) is 2.24. The summed E-state index contributed by atoms with van der Waals surface area (Å²) in [5.74, 6) is 0. The van der Waals surface area contributed by atoms with Gasteiger partial charge in [0.1, 0.15) is 5.01 Å². The lowest BCUT2D eigenvalue weighted by Crippen LogP contribution is -2.34. The van der Waals surface area contributed by atoms with Gasteiger partial charge in [-0.05, 0) is 25.7 Å². The fourth-order valence-corrected chi connectivity index (χ4v) is 3.40. The van der Waals surface area contributed by atoms with Crippen LogP contribution in [0.15, 0.2) is 35.7 Å². The molecule has 0 radical (unpaired) electrons. The highest BCUT2D eigenvalue weighted by Gasteiger charge is 2.18. The van der Waals surface area contributed by atoms with Gasteiger partial charge in [-0.1, -0.05) is 30.3 Å². The zero-order valence-corrected chi connectivity index (χ0v) is 12.3. The fourth-order valence-electron chi connectivity index (χ4n) is 2.65. The number of benzene rings is 1. The van der Waals surface area contributed by atoms with Gasteiger partial charge in [-0.2, -0.15) is 0 Å². The number of aliphatic hydroxyl groups is 1. The first kappa shape index (κ1) is 13.7. The highest BCUT2D eigenvalue weighted by molar-refractivity contribution is 7.09. The van der Waals surface area contributed by atoms with E-state index in [1.165, 1.54) is 5.56 Å². The average molecular weight is 288 g/mol. The number of hydrogen-bond acceptors (Lipinski definition) is 4. The lowest BCUT2D eigenvalue weighted by atomic mass is 9.93. The normalized spacial score (nSPS) is 22.9. The molecule has 0 bridgehead atoms. The van der Waals surface area contributed by atoms with Gasteiger partial charge in [-0.15, -0.1) is 11.3 Å². The van der Waals surface area contributed by atoms with Crippen LogP contribution in [0.3, 0.4) is 0 Å². The highest BCUT2D eigenvalue weighted by Crippen LogP contribution is 2.22. The second-order valence-corrected chi connectivity index (χ2v) is 6.32. The van der Waals surface area contributed by atoms with Crippen LogP contribution in [-0.4, -0.2) is 22.2 Å². The van der Waals surface area contributed by atoms with Crippen LogP contribution in [0.25, 0.3) is 11.3 Å². The topological polar surface area (TPSA) is 45.1 Å². The molecule has 0 spiro atoms. The van der Waals surface area contributed by atoms with Crippen LogP contribution in [0, 0.1) is 0 Å². The molecule has 1 aromatic heterocycles. The van der Waals surface area contributed by atoms with Crippen molar-refractivity contribution in [2.75, 3.05) is 0 Å². The van der Waals surface area contributed by atoms with E-state index in [-0.39, 0.29) is 6.10 Å². The zero-order chi connectivity index (χ0) is 13.8. The van der Waals surface area contributed by atoms with Crippen LogP contribution in [0.2, 0.25) is 0 Å².